The molecule has 3 aromatic rings. The number of halogens is 2. The van der Waals surface area contributed by atoms with Gasteiger partial charge >= 0.3 is 0 Å². The van der Waals surface area contributed by atoms with Crippen molar-refractivity contribution >= 4 is 22.9 Å². The van der Waals surface area contributed by atoms with E-state index in [0.717, 1.165) is 23.8 Å². The third-order valence-corrected chi connectivity index (χ3v) is 3.64. The molecule has 2 heterocycles. The van der Waals surface area contributed by atoms with Gasteiger partial charge in [-0.15, -0.1) is 0 Å². The highest BCUT2D eigenvalue weighted by atomic mass is 32.1. The number of benzene rings is 1. The van der Waals surface area contributed by atoms with E-state index in [0.29, 0.717) is 11.7 Å². The molecule has 0 bridgehead atoms. The Labute approximate surface area is 134 Å². The molecule has 5 nitrogen and oxygen atoms in total. The monoisotopic (exact) mass is 335 g/mol. The molecular weight excluding hydrogens is 324 g/mol. The average Bonchev–Trinajstić information content (AvgIpc) is 3.15. The van der Waals surface area contributed by atoms with Crippen LogP contribution in [0, 0.1) is 11.6 Å². The number of carbonyl (C=O) groups excluding carboxylic acids is 1. The van der Waals surface area contributed by atoms with Gasteiger partial charge in [-0.25, -0.2) is 8.78 Å². The third kappa shape index (κ3) is 3.98. The van der Waals surface area contributed by atoms with Crippen LogP contribution < -0.4 is 5.32 Å². The summed E-state index contributed by atoms with van der Waals surface area (Å²) in [6.45, 7) is 0. The highest BCUT2D eigenvalue weighted by molar-refractivity contribution is 7.08. The van der Waals surface area contributed by atoms with Crippen LogP contribution in [0.3, 0.4) is 0 Å². The minimum absolute atomic E-state index is 0.0589. The van der Waals surface area contributed by atoms with Crippen molar-refractivity contribution in [3.63, 3.8) is 0 Å². The number of rotatable bonds is 5. The van der Waals surface area contributed by atoms with E-state index in [4.69, 9.17) is 4.52 Å². The summed E-state index contributed by atoms with van der Waals surface area (Å²) in [5, 5.41) is 10.0. The molecule has 8 heteroatoms. The lowest BCUT2D eigenvalue weighted by molar-refractivity contribution is -0.116. The van der Waals surface area contributed by atoms with Crippen LogP contribution in [-0.4, -0.2) is 16.0 Å². The van der Waals surface area contributed by atoms with Gasteiger partial charge in [-0.3, -0.25) is 4.79 Å². The largest absolute Gasteiger partial charge is 0.339 e. The molecule has 1 aromatic carbocycles. The van der Waals surface area contributed by atoms with Crippen LogP contribution in [0.1, 0.15) is 12.3 Å². The van der Waals surface area contributed by atoms with Gasteiger partial charge in [0, 0.05) is 35.5 Å². The summed E-state index contributed by atoms with van der Waals surface area (Å²) in [7, 11) is 0. The van der Waals surface area contributed by atoms with Gasteiger partial charge in [0.1, 0.15) is 11.6 Å². The number of thiophene rings is 1. The summed E-state index contributed by atoms with van der Waals surface area (Å²) in [6, 6.07) is 4.69. The number of amides is 1. The molecule has 0 aliphatic carbocycles. The Morgan fingerprint density at radius 1 is 1.26 bits per heavy atom. The number of nitrogens with one attached hydrogen (secondary N) is 1. The molecular formula is C15H11F2N3O2S. The predicted octanol–water partition coefficient (Wildman–Crippen LogP) is 3.65. The highest BCUT2D eigenvalue weighted by Gasteiger charge is 2.11. The van der Waals surface area contributed by atoms with Gasteiger partial charge in [0.2, 0.25) is 17.6 Å². The maximum atomic E-state index is 13.0. The van der Waals surface area contributed by atoms with Crippen LogP contribution in [0.2, 0.25) is 0 Å². The van der Waals surface area contributed by atoms with Gasteiger partial charge in [-0.2, -0.15) is 16.3 Å². The minimum atomic E-state index is -0.752. The maximum absolute atomic E-state index is 13.0. The van der Waals surface area contributed by atoms with Crippen LogP contribution in [0.15, 0.2) is 39.5 Å². The van der Waals surface area contributed by atoms with Gasteiger partial charge < -0.3 is 9.84 Å². The molecule has 0 aliphatic rings. The summed E-state index contributed by atoms with van der Waals surface area (Å²) in [5.74, 6) is -1.11. The first-order valence-electron chi connectivity index (χ1n) is 6.71. The van der Waals surface area contributed by atoms with E-state index in [-0.39, 0.29) is 18.5 Å². The second kappa shape index (κ2) is 6.66. The Kier molecular flexibility index (Phi) is 4.42. The topological polar surface area (TPSA) is 68.0 Å². The van der Waals surface area contributed by atoms with Crippen molar-refractivity contribution in [1.29, 1.82) is 0 Å². The van der Waals surface area contributed by atoms with Crippen molar-refractivity contribution in [2.45, 2.75) is 12.8 Å². The fourth-order valence-electron chi connectivity index (χ4n) is 1.94. The van der Waals surface area contributed by atoms with Crippen LogP contribution in [0.4, 0.5) is 14.5 Å². The molecule has 0 radical (unpaired) electrons. The zero-order valence-electron chi connectivity index (χ0n) is 11.8. The molecule has 0 saturated heterocycles. The first kappa shape index (κ1) is 15.3. The number of anilines is 1. The quantitative estimate of drug-likeness (QED) is 0.773. The molecule has 0 unspecified atom stereocenters. The zero-order valence-corrected chi connectivity index (χ0v) is 12.6. The summed E-state index contributed by atoms with van der Waals surface area (Å²) in [4.78, 5) is 16.0. The number of carbonyl (C=O) groups is 1. The van der Waals surface area contributed by atoms with Crippen LogP contribution in [0.5, 0.6) is 0 Å². The molecule has 0 fully saturated rings. The van der Waals surface area contributed by atoms with E-state index >= 15 is 0 Å². The molecule has 2 aromatic heterocycles. The zero-order chi connectivity index (χ0) is 16.2. The van der Waals surface area contributed by atoms with Crippen LogP contribution in [-0.2, 0) is 11.2 Å². The first-order valence-corrected chi connectivity index (χ1v) is 7.65. The van der Waals surface area contributed by atoms with Gasteiger partial charge in [-0.05, 0) is 23.6 Å². The molecule has 1 N–H and O–H groups in total. The fraction of sp³-hybridized carbons (Fsp3) is 0.133. The normalized spacial score (nSPS) is 10.7. The molecule has 0 spiro atoms. The number of aromatic nitrogens is 2. The number of nitrogens with zero attached hydrogens (tertiary/aromatic N) is 2. The lowest BCUT2D eigenvalue weighted by Crippen LogP contribution is -2.12. The Morgan fingerprint density at radius 3 is 2.74 bits per heavy atom. The second-order valence-electron chi connectivity index (χ2n) is 4.73. The summed E-state index contributed by atoms with van der Waals surface area (Å²) >= 11 is 1.52. The third-order valence-electron chi connectivity index (χ3n) is 2.96. The lowest BCUT2D eigenvalue weighted by atomic mass is 10.2. The van der Waals surface area contributed by atoms with E-state index in [9.17, 15) is 13.6 Å². The SMILES string of the molecule is O=C(CCc1nc(-c2ccsc2)no1)Nc1cc(F)cc(F)c1. The summed E-state index contributed by atoms with van der Waals surface area (Å²) in [6.07, 6.45) is 0.296. The van der Waals surface area contributed by atoms with Gasteiger partial charge in [-0.1, -0.05) is 5.16 Å². The van der Waals surface area contributed by atoms with E-state index in [1.165, 1.54) is 11.3 Å². The van der Waals surface area contributed by atoms with Crippen molar-refractivity contribution in [2.24, 2.45) is 0 Å². The average molecular weight is 335 g/mol. The van der Waals surface area contributed by atoms with Crippen molar-refractivity contribution in [2.75, 3.05) is 5.32 Å². The molecule has 118 valence electrons. The molecule has 1 amide bonds. The Balaban J connectivity index is 1.57. The smallest absolute Gasteiger partial charge is 0.227 e. The van der Waals surface area contributed by atoms with Crippen molar-refractivity contribution in [1.82, 2.24) is 10.1 Å². The first-order chi connectivity index (χ1) is 11.1. The maximum Gasteiger partial charge on any atom is 0.227 e. The second-order valence-corrected chi connectivity index (χ2v) is 5.51. The van der Waals surface area contributed by atoms with Crippen molar-refractivity contribution in [3.8, 4) is 11.4 Å². The minimum Gasteiger partial charge on any atom is -0.339 e. The molecule has 0 saturated carbocycles. The van der Waals surface area contributed by atoms with E-state index < -0.39 is 17.5 Å². The Hall–Kier alpha value is -2.61. The molecule has 23 heavy (non-hydrogen) atoms. The van der Waals surface area contributed by atoms with Crippen LogP contribution in [0.25, 0.3) is 11.4 Å². The van der Waals surface area contributed by atoms with Crippen LogP contribution >= 0.6 is 11.3 Å². The Morgan fingerprint density at radius 2 is 2.04 bits per heavy atom. The standard InChI is InChI=1S/C15H11F2N3O2S/c16-10-5-11(17)7-12(6-10)18-13(21)1-2-14-19-15(20-22-14)9-3-4-23-8-9/h3-8H,1-2H2,(H,18,21). The van der Waals surface area contributed by atoms with E-state index in [1.807, 2.05) is 16.8 Å². The predicted molar refractivity (Wildman–Crippen MR) is 80.9 cm³/mol. The highest BCUT2D eigenvalue weighted by Crippen LogP contribution is 2.19. The molecule has 3 rings (SSSR count). The van der Waals surface area contributed by atoms with Gasteiger partial charge in [0.15, 0.2) is 0 Å². The van der Waals surface area contributed by atoms with Gasteiger partial charge in [0.05, 0.1) is 0 Å². The van der Waals surface area contributed by atoms with Crippen molar-refractivity contribution in [3.05, 3.63) is 52.6 Å². The number of hydrogen-bond donors (Lipinski definition) is 1. The molecule has 0 aliphatic heterocycles. The number of hydrogen-bond acceptors (Lipinski definition) is 5. The summed E-state index contributed by atoms with van der Waals surface area (Å²) in [5.41, 5.74) is 0.918. The summed E-state index contributed by atoms with van der Waals surface area (Å²) < 4.78 is 31.2. The number of aryl methyl sites for hydroxylation is 1. The van der Waals surface area contributed by atoms with E-state index in [2.05, 4.69) is 15.5 Å². The lowest BCUT2D eigenvalue weighted by Gasteiger charge is -2.04. The van der Waals surface area contributed by atoms with Gasteiger partial charge in [0.25, 0.3) is 0 Å². The Bertz CT molecular complexity index is 798. The van der Waals surface area contributed by atoms with E-state index in [1.54, 1.807) is 0 Å². The van der Waals surface area contributed by atoms with Crippen molar-refractivity contribution < 1.29 is 18.1 Å². The fourth-order valence-corrected chi connectivity index (χ4v) is 2.57. The molecule has 0 atom stereocenters.